The Balaban J connectivity index is 3.21. The van der Waals surface area contributed by atoms with Gasteiger partial charge in [-0.3, -0.25) is 14.9 Å². The third-order valence-corrected chi connectivity index (χ3v) is 3.34. The monoisotopic (exact) mass is 314 g/mol. The van der Waals surface area contributed by atoms with Gasteiger partial charge in [-0.05, 0) is 19.4 Å². The fourth-order valence-electron chi connectivity index (χ4n) is 1.93. The summed E-state index contributed by atoms with van der Waals surface area (Å²) in [5.74, 6) is -2.10. The van der Waals surface area contributed by atoms with Gasteiger partial charge in [0.05, 0.1) is 9.95 Å². The molecule has 1 aromatic carbocycles. The molecule has 1 rings (SSSR count). The maximum atomic E-state index is 12.2. The molecule has 0 bridgehead atoms. The number of carboxylic acid groups (broad SMARTS) is 1. The number of benzene rings is 1. The Labute approximate surface area is 126 Å². The zero-order valence-corrected chi connectivity index (χ0v) is 12.3. The third kappa shape index (κ3) is 3.69. The maximum Gasteiger partial charge on any atom is 0.329 e. The summed E-state index contributed by atoms with van der Waals surface area (Å²) in [5.41, 5.74) is -2.32. The number of carbonyl (C=O) groups excluding carboxylic acids is 1. The lowest BCUT2D eigenvalue weighted by molar-refractivity contribution is -0.385. The summed E-state index contributed by atoms with van der Waals surface area (Å²) in [6.07, 6.45) is 0.708. The van der Waals surface area contributed by atoms with Crippen LogP contribution in [0.25, 0.3) is 0 Å². The molecule has 8 heteroatoms. The smallest absolute Gasteiger partial charge is 0.329 e. The average molecular weight is 315 g/mol. The summed E-state index contributed by atoms with van der Waals surface area (Å²) in [6.45, 7) is 3.12. The summed E-state index contributed by atoms with van der Waals surface area (Å²) < 4.78 is 0. The third-order valence-electron chi connectivity index (χ3n) is 3.03. The second-order valence-electron chi connectivity index (χ2n) is 4.73. The molecule has 0 aliphatic heterocycles. The molecule has 1 amide bonds. The lowest BCUT2D eigenvalue weighted by Gasteiger charge is -2.25. The van der Waals surface area contributed by atoms with Gasteiger partial charge in [0, 0.05) is 6.07 Å². The van der Waals surface area contributed by atoms with Crippen molar-refractivity contribution in [2.45, 2.75) is 32.2 Å². The number of nitro benzene ring substituents is 1. The molecule has 1 atom stereocenters. The van der Waals surface area contributed by atoms with Crippen LogP contribution >= 0.6 is 11.6 Å². The summed E-state index contributed by atoms with van der Waals surface area (Å²) in [5, 5.41) is 22.4. The molecule has 0 radical (unpaired) electrons. The van der Waals surface area contributed by atoms with Crippen molar-refractivity contribution in [2.75, 3.05) is 0 Å². The molecule has 0 saturated heterocycles. The van der Waals surface area contributed by atoms with Gasteiger partial charge in [0.2, 0.25) is 0 Å². The first-order valence-electron chi connectivity index (χ1n) is 6.21. The predicted molar refractivity (Wildman–Crippen MR) is 76.5 cm³/mol. The lowest BCUT2D eigenvalue weighted by Crippen LogP contribution is -2.52. The van der Waals surface area contributed by atoms with E-state index in [1.165, 1.54) is 19.1 Å². The summed E-state index contributed by atoms with van der Waals surface area (Å²) >= 11 is 5.84. The minimum Gasteiger partial charge on any atom is -0.480 e. The molecule has 1 unspecified atom stereocenters. The molecular formula is C13H15ClN2O5. The molecule has 21 heavy (non-hydrogen) atoms. The van der Waals surface area contributed by atoms with E-state index in [-0.39, 0.29) is 17.0 Å². The Bertz CT molecular complexity index is 590. The normalized spacial score (nSPS) is 13.3. The van der Waals surface area contributed by atoms with Crippen LogP contribution in [-0.2, 0) is 4.79 Å². The van der Waals surface area contributed by atoms with Gasteiger partial charge >= 0.3 is 5.97 Å². The van der Waals surface area contributed by atoms with E-state index >= 15 is 0 Å². The van der Waals surface area contributed by atoms with Crippen LogP contribution in [0, 0.1) is 10.1 Å². The van der Waals surface area contributed by atoms with Crippen LogP contribution in [0.2, 0.25) is 5.02 Å². The fourth-order valence-corrected chi connectivity index (χ4v) is 2.18. The highest BCUT2D eigenvalue weighted by Gasteiger charge is 2.36. The molecule has 2 N–H and O–H groups in total. The number of rotatable bonds is 6. The Morgan fingerprint density at radius 1 is 1.48 bits per heavy atom. The van der Waals surface area contributed by atoms with Crippen molar-refractivity contribution in [3.8, 4) is 0 Å². The molecule has 1 aromatic rings. The van der Waals surface area contributed by atoms with E-state index in [4.69, 9.17) is 11.6 Å². The van der Waals surface area contributed by atoms with E-state index in [0.29, 0.717) is 6.42 Å². The van der Waals surface area contributed by atoms with Crippen LogP contribution in [0.3, 0.4) is 0 Å². The Hall–Kier alpha value is -2.15. The van der Waals surface area contributed by atoms with E-state index < -0.39 is 28.0 Å². The standard InChI is InChI=1S/C13H15ClN2O5/c1-3-7-13(2,12(18)19)15-11(17)10-8(14)5-4-6-9(10)16(20)21/h4-6H,3,7H2,1-2H3,(H,15,17)(H,18,19). The minimum absolute atomic E-state index is 0.106. The molecule has 0 aliphatic rings. The highest BCUT2D eigenvalue weighted by Crippen LogP contribution is 2.27. The van der Waals surface area contributed by atoms with Crippen LogP contribution in [0.5, 0.6) is 0 Å². The second kappa shape index (κ2) is 6.53. The van der Waals surface area contributed by atoms with Crippen LogP contribution in [0.15, 0.2) is 18.2 Å². The van der Waals surface area contributed by atoms with Crippen molar-refractivity contribution >= 4 is 29.2 Å². The Morgan fingerprint density at radius 3 is 2.57 bits per heavy atom. The van der Waals surface area contributed by atoms with Crippen molar-refractivity contribution < 1.29 is 19.6 Å². The van der Waals surface area contributed by atoms with Crippen molar-refractivity contribution in [3.63, 3.8) is 0 Å². The summed E-state index contributed by atoms with van der Waals surface area (Å²) in [6, 6.07) is 3.82. The highest BCUT2D eigenvalue weighted by atomic mass is 35.5. The van der Waals surface area contributed by atoms with Crippen molar-refractivity contribution in [3.05, 3.63) is 38.9 Å². The van der Waals surface area contributed by atoms with Crippen LogP contribution in [-0.4, -0.2) is 27.4 Å². The number of aliphatic carboxylic acids is 1. The molecule has 0 saturated carbocycles. The number of hydrogen-bond donors (Lipinski definition) is 2. The van der Waals surface area contributed by atoms with Gasteiger partial charge in [-0.15, -0.1) is 0 Å². The largest absolute Gasteiger partial charge is 0.480 e. The van der Waals surface area contributed by atoms with Gasteiger partial charge in [-0.1, -0.05) is 31.0 Å². The fraction of sp³-hybridized carbons (Fsp3) is 0.385. The van der Waals surface area contributed by atoms with Gasteiger partial charge in [-0.25, -0.2) is 4.79 Å². The molecule has 0 aliphatic carbocycles. The number of nitrogens with one attached hydrogen (secondary N) is 1. The van der Waals surface area contributed by atoms with Gasteiger partial charge in [0.1, 0.15) is 11.1 Å². The molecule has 0 spiro atoms. The van der Waals surface area contributed by atoms with Crippen LogP contribution < -0.4 is 5.32 Å². The second-order valence-corrected chi connectivity index (χ2v) is 5.14. The summed E-state index contributed by atoms with van der Waals surface area (Å²) in [4.78, 5) is 33.7. The number of halogens is 1. The van der Waals surface area contributed by atoms with Gasteiger partial charge in [0.15, 0.2) is 0 Å². The number of carboxylic acids is 1. The zero-order chi connectivity index (χ0) is 16.2. The molecule has 0 heterocycles. The number of nitrogens with zero attached hydrogens (tertiary/aromatic N) is 1. The van der Waals surface area contributed by atoms with Crippen LogP contribution in [0.1, 0.15) is 37.0 Å². The Kier molecular flexibility index (Phi) is 5.26. The first kappa shape index (κ1) is 16.9. The van der Waals surface area contributed by atoms with Crippen molar-refractivity contribution in [2.24, 2.45) is 0 Å². The highest BCUT2D eigenvalue weighted by molar-refractivity contribution is 6.34. The number of hydrogen-bond acceptors (Lipinski definition) is 4. The topological polar surface area (TPSA) is 110 Å². The Morgan fingerprint density at radius 2 is 2.10 bits per heavy atom. The van der Waals surface area contributed by atoms with E-state index in [9.17, 15) is 24.8 Å². The van der Waals surface area contributed by atoms with E-state index in [1.807, 2.05) is 0 Å². The molecule has 114 valence electrons. The number of carbonyl (C=O) groups is 2. The van der Waals surface area contributed by atoms with Gasteiger partial charge in [0.25, 0.3) is 11.6 Å². The van der Waals surface area contributed by atoms with E-state index in [2.05, 4.69) is 5.32 Å². The number of amides is 1. The average Bonchev–Trinajstić information content (AvgIpc) is 2.37. The SMILES string of the molecule is CCCC(C)(NC(=O)c1c(Cl)cccc1[N+](=O)[O-])C(=O)O. The molecule has 0 fully saturated rings. The molecule has 7 nitrogen and oxygen atoms in total. The maximum absolute atomic E-state index is 12.2. The van der Waals surface area contributed by atoms with Gasteiger partial charge in [-0.2, -0.15) is 0 Å². The van der Waals surface area contributed by atoms with Gasteiger partial charge < -0.3 is 10.4 Å². The minimum atomic E-state index is -1.52. The van der Waals surface area contributed by atoms with E-state index in [1.54, 1.807) is 6.92 Å². The summed E-state index contributed by atoms with van der Waals surface area (Å²) in [7, 11) is 0. The van der Waals surface area contributed by atoms with Crippen molar-refractivity contribution in [1.29, 1.82) is 0 Å². The van der Waals surface area contributed by atoms with E-state index in [0.717, 1.165) is 6.07 Å². The first-order chi connectivity index (χ1) is 9.73. The molecular weight excluding hydrogens is 300 g/mol. The molecule has 0 aromatic heterocycles. The lowest BCUT2D eigenvalue weighted by atomic mass is 9.95. The quantitative estimate of drug-likeness (QED) is 0.619. The predicted octanol–water partition coefficient (Wildman–Crippen LogP) is 2.62. The van der Waals surface area contributed by atoms with Crippen molar-refractivity contribution in [1.82, 2.24) is 5.32 Å². The zero-order valence-electron chi connectivity index (χ0n) is 11.6. The number of nitro groups is 1. The van der Waals surface area contributed by atoms with Crippen LogP contribution in [0.4, 0.5) is 5.69 Å². The first-order valence-corrected chi connectivity index (χ1v) is 6.59.